The number of aromatic nitrogens is 2. The fraction of sp³-hybridized carbons (Fsp3) is 0.538. The van der Waals surface area contributed by atoms with Crippen LogP contribution in [0.5, 0.6) is 0 Å². The molecule has 0 radical (unpaired) electrons. The summed E-state index contributed by atoms with van der Waals surface area (Å²) >= 11 is 0. The van der Waals surface area contributed by atoms with Crippen LogP contribution in [0.3, 0.4) is 0 Å². The Labute approximate surface area is 378 Å². The maximum atomic E-state index is 14.1. The number of ether oxygens (including phenoxy) is 1. The van der Waals surface area contributed by atoms with Crippen LogP contribution >= 0.6 is 0 Å². The third-order valence-electron chi connectivity index (χ3n) is 14.3. The van der Waals surface area contributed by atoms with E-state index in [9.17, 15) is 24.9 Å². The van der Waals surface area contributed by atoms with Gasteiger partial charge in [0.25, 0.3) is 0 Å². The van der Waals surface area contributed by atoms with Crippen LogP contribution in [0.2, 0.25) is 0 Å². The van der Waals surface area contributed by atoms with Crippen molar-refractivity contribution in [3.05, 3.63) is 119 Å². The van der Waals surface area contributed by atoms with Gasteiger partial charge in [-0.25, -0.2) is 9.97 Å². The first-order valence-corrected chi connectivity index (χ1v) is 24.0. The molecule has 12 nitrogen and oxygen atoms in total. The number of hydrogen-bond acceptors (Lipinski definition) is 11. The SMILES string of the molecule is O=C(OC1CNc2nc(CCCCCN3CCC(O)([C@@H](C(=O)O)c4ccccc4)CC3)ccc2C1)[C@H](c1ccccc1)C1(O)CCN(CCCCCc2ccc3c(n2)NCCC3)CC1. The number of nitrogens with one attached hydrogen (secondary N) is 2. The van der Waals surface area contributed by atoms with Crippen molar-refractivity contribution in [1.82, 2.24) is 19.8 Å². The second-order valence-corrected chi connectivity index (χ2v) is 18.8. The molecule has 0 aliphatic carbocycles. The van der Waals surface area contributed by atoms with E-state index in [2.05, 4.69) is 44.7 Å². The quantitative estimate of drug-likeness (QED) is 0.0480. The second kappa shape index (κ2) is 21.4. The lowest BCUT2D eigenvalue weighted by atomic mass is 9.75. The summed E-state index contributed by atoms with van der Waals surface area (Å²) in [5.74, 6) is -1.12. The number of esters is 1. The van der Waals surface area contributed by atoms with E-state index in [1.54, 1.807) is 12.1 Å². The molecule has 1 unspecified atom stereocenters. The number of likely N-dealkylation sites (tertiary alicyclic amines) is 2. The molecule has 4 aromatic rings. The van der Waals surface area contributed by atoms with E-state index in [4.69, 9.17) is 14.7 Å². The Morgan fingerprint density at radius 3 is 1.73 bits per heavy atom. The lowest BCUT2D eigenvalue weighted by molar-refractivity contribution is -0.160. The van der Waals surface area contributed by atoms with Crippen LogP contribution in [-0.2, 0) is 40.0 Å². The van der Waals surface area contributed by atoms with Crippen LogP contribution in [0, 0.1) is 0 Å². The molecule has 8 rings (SSSR count). The first-order valence-electron chi connectivity index (χ1n) is 24.0. The molecule has 0 spiro atoms. The number of aryl methyl sites for hydroxylation is 3. The molecule has 342 valence electrons. The Bertz CT molecular complexity index is 2140. The summed E-state index contributed by atoms with van der Waals surface area (Å²) < 4.78 is 6.24. The highest BCUT2D eigenvalue weighted by atomic mass is 16.5. The Morgan fingerprint density at radius 1 is 0.656 bits per heavy atom. The summed E-state index contributed by atoms with van der Waals surface area (Å²) in [5, 5.41) is 40.4. The van der Waals surface area contributed by atoms with Crippen molar-refractivity contribution in [2.75, 3.05) is 63.0 Å². The van der Waals surface area contributed by atoms with Crippen LogP contribution < -0.4 is 10.6 Å². The fourth-order valence-corrected chi connectivity index (χ4v) is 10.5. The number of carboxylic acids is 1. The zero-order valence-corrected chi connectivity index (χ0v) is 37.4. The molecule has 3 atom stereocenters. The van der Waals surface area contributed by atoms with E-state index in [0.717, 1.165) is 125 Å². The van der Waals surface area contributed by atoms with Crippen LogP contribution in [0.1, 0.15) is 116 Å². The van der Waals surface area contributed by atoms with Gasteiger partial charge in [0.2, 0.25) is 0 Å². The summed E-state index contributed by atoms with van der Waals surface area (Å²) in [6.07, 6.45) is 12.7. The number of aliphatic hydroxyl groups is 2. The van der Waals surface area contributed by atoms with Crippen LogP contribution in [-0.4, -0.2) is 117 Å². The maximum Gasteiger partial charge on any atom is 0.316 e. The Morgan fingerprint density at radius 2 is 1.17 bits per heavy atom. The number of carboxylic acid groups (broad SMARTS) is 1. The summed E-state index contributed by atoms with van der Waals surface area (Å²) in [6, 6.07) is 27.3. The highest BCUT2D eigenvalue weighted by Gasteiger charge is 2.47. The summed E-state index contributed by atoms with van der Waals surface area (Å²) in [6.45, 7) is 6.23. The Hall–Kier alpha value is -4.88. The van der Waals surface area contributed by atoms with Crippen molar-refractivity contribution in [1.29, 1.82) is 0 Å². The van der Waals surface area contributed by atoms with Gasteiger partial charge < -0.3 is 40.5 Å². The molecule has 12 heteroatoms. The van der Waals surface area contributed by atoms with Gasteiger partial charge in [-0.15, -0.1) is 0 Å². The smallest absolute Gasteiger partial charge is 0.316 e. The molecular formula is C52H68N6O6. The highest BCUT2D eigenvalue weighted by Crippen LogP contribution is 2.40. The van der Waals surface area contributed by atoms with Gasteiger partial charge in [0.1, 0.15) is 29.6 Å². The lowest BCUT2D eigenvalue weighted by Gasteiger charge is -2.42. The number of hydrogen-bond donors (Lipinski definition) is 5. The van der Waals surface area contributed by atoms with Crippen molar-refractivity contribution in [2.24, 2.45) is 0 Å². The van der Waals surface area contributed by atoms with Crippen LogP contribution in [0.4, 0.5) is 11.6 Å². The molecule has 2 aromatic carbocycles. The first kappa shape index (κ1) is 45.7. The van der Waals surface area contributed by atoms with E-state index in [0.29, 0.717) is 57.3 Å². The average molecular weight is 873 g/mol. The van der Waals surface area contributed by atoms with Gasteiger partial charge in [-0.1, -0.05) is 85.6 Å². The number of fused-ring (bicyclic) bond motifs is 2. The molecule has 2 aromatic heterocycles. The maximum absolute atomic E-state index is 14.1. The molecule has 0 bridgehead atoms. The fourth-order valence-electron chi connectivity index (χ4n) is 10.5. The van der Waals surface area contributed by atoms with Crippen molar-refractivity contribution in [3.63, 3.8) is 0 Å². The third kappa shape index (κ3) is 11.5. The van der Waals surface area contributed by atoms with E-state index in [-0.39, 0.29) is 12.1 Å². The van der Waals surface area contributed by atoms with E-state index in [1.165, 1.54) is 12.0 Å². The number of pyridine rings is 2. The highest BCUT2D eigenvalue weighted by molar-refractivity contribution is 5.80. The summed E-state index contributed by atoms with van der Waals surface area (Å²) in [5.41, 5.74) is 3.55. The minimum absolute atomic E-state index is 0.366. The average Bonchev–Trinajstić information content (AvgIpc) is 3.30. The molecule has 5 N–H and O–H groups in total. The molecule has 0 amide bonds. The molecule has 4 aliphatic rings. The molecule has 6 heterocycles. The third-order valence-corrected chi connectivity index (χ3v) is 14.3. The van der Waals surface area contributed by atoms with Crippen molar-refractivity contribution >= 4 is 23.6 Å². The van der Waals surface area contributed by atoms with Gasteiger partial charge in [-0.2, -0.15) is 0 Å². The number of benzene rings is 2. The Kier molecular flexibility index (Phi) is 15.3. The number of carbonyl (C=O) groups excluding carboxylic acids is 1. The van der Waals surface area contributed by atoms with Crippen LogP contribution in [0.25, 0.3) is 0 Å². The zero-order valence-electron chi connectivity index (χ0n) is 37.4. The molecule has 64 heavy (non-hydrogen) atoms. The first-order chi connectivity index (χ1) is 31.2. The zero-order chi connectivity index (χ0) is 44.4. The number of unbranched alkanes of at least 4 members (excludes halogenated alkanes) is 4. The molecular weight excluding hydrogens is 805 g/mol. The van der Waals surface area contributed by atoms with E-state index < -0.39 is 29.0 Å². The second-order valence-electron chi connectivity index (χ2n) is 18.8. The number of rotatable bonds is 19. The van der Waals surface area contributed by atoms with Crippen molar-refractivity contribution < 1.29 is 29.6 Å². The summed E-state index contributed by atoms with van der Waals surface area (Å²) in [7, 11) is 0. The molecule has 2 fully saturated rings. The number of piperidine rings is 2. The molecule has 2 saturated heterocycles. The molecule has 4 aliphatic heterocycles. The molecule has 0 saturated carbocycles. The van der Waals surface area contributed by atoms with Crippen molar-refractivity contribution in [2.45, 2.75) is 125 Å². The minimum Gasteiger partial charge on any atom is -0.481 e. The largest absolute Gasteiger partial charge is 0.481 e. The minimum atomic E-state index is -1.25. The van der Waals surface area contributed by atoms with Gasteiger partial charge in [-0.3, -0.25) is 9.59 Å². The number of nitrogens with zero attached hydrogens (tertiary/aromatic N) is 4. The van der Waals surface area contributed by atoms with E-state index >= 15 is 0 Å². The summed E-state index contributed by atoms with van der Waals surface area (Å²) in [4.78, 5) is 40.9. The van der Waals surface area contributed by atoms with Gasteiger partial charge in [0.05, 0.1) is 17.7 Å². The number of anilines is 2. The lowest BCUT2D eigenvalue weighted by Crippen LogP contribution is -2.51. The number of aliphatic carboxylic acids is 1. The van der Waals surface area contributed by atoms with E-state index in [1.807, 2.05) is 48.5 Å². The standard InChI is InChI=1S/C52H68N6O6/c59-49(60)45(38-14-5-1-6-15-38)51(62)25-32-57(33-26-51)30-11-4-10-20-43-24-22-41-36-44(37-54-48(41)56-43)64-50(61)46(39-16-7-2-8-17-39)52(63)27-34-58(35-28-52)31-12-3-9-19-42-23-21-40-18-13-29-53-47(40)55-42/h1-2,5-8,14-17,21-24,44-46,62-63H,3-4,9-13,18-20,25-37H2,(H,53,55)(H,54,56)(H,59,60)/t44?,45-,46+/m1/s1. The van der Waals surface area contributed by atoms with Gasteiger partial charge in [-0.05, 0) is 125 Å². The van der Waals surface area contributed by atoms with Crippen molar-refractivity contribution in [3.8, 4) is 0 Å². The predicted octanol–water partition coefficient (Wildman–Crippen LogP) is 7.15. The predicted molar refractivity (Wildman–Crippen MR) is 250 cm³/mol. The number of carbonyl (C=O) groups is 2. The Balaban J connectivity index is 0.754. The topological polar surface area (TPSA) is 160 Å². The van der Waals surface area contributed by atoms with Crippen LogP contribution in [0.15, 0.2) is 84.9 Å². The normalized spacial score (nSPS) is 20.4. The van der Waals surface area contributed by atoms with Gasteiger partial charge in [0, 0.05) is 50.5 Å². The van der Waals surface area contributed by atoms with Gasteiger partial charge in [0.15, 0.2) is 0 Å². The van der Waals surface area contributed by atoms with Gasteiger partial charge >= 0.3 is 11.9 Å². The monoisotopic (exact) mass is 873 g/mol.